The Morgan fingerprint density at radius 3 is 2.12 bits per heavy atom. The number of rotatable bonds is 3. The Balaban J connectivity index is 1.74. The molecule has 2 aliphatic heterocycles. The van der Waals surface area contributed by atoms with Gasteiger partial charge in [0.05, 0.1) is 21.9 Å². The Bertz CT molecular complexity index is 585. The molecule has 0 atom stereocenters. The van der Waals surface area contributed by atoms with Crippen molar-refractivity contribution in [1.29, 1.82) is 0 Å². The van der Waals surface area contributed by atoms with Gasteiger partial charge >= 0.3 is 7.12 Å². The summed E-state index contributed by atoms with van der Waals surface area (Å²) in [4.78, 5) is 4.83. The SMILES string of the molecule is CCN1CCN(c2ccc(B3OC(C)(C)C(C)(C)O3)cc2Cl)CC1. The first-order chi connectivity index (χ1) is 11.2. The molecule has 0 N–H and O–H groups in total. The first-order valence-electron chi connectivity index (χ1n) is 8.86. The number of hydrogen-bond donors (Lipinski definition) is 0. The molecule has 0 bridgehead atoms. The maximum absolute atomic E-state index is 6.59. The van der Waals surface area contributed by atoms with Crippen LogP contribution in [0.5, 0.6) is 0 Å². The van der Waals surface area contributed by atoms with Gasteiger partial charge in [0, 0.05) is 26.2 Å². The Kier molecular flexibility index (Phi) is 4.91. The van der Waals surface area contributed by atoms with Gasteiger partial charge in [-0.3, -0.25) is 0 Å². The predicted octanol–water partition coefficient (Wildman–Crippen LogP) is 2.78. The Morgan fingerprint density at radius 1 is 1.04 bits per heavy atom. The molecule has 3 rings (SSSR count). The van der Waals surface area contributed by atoms with Crippen LogP contribution in [0.2, 0.25) is 5.02 Å². The van der Waals surface area contributed by atoms with E-state index in [2.05, 4.69) is 56.6 Å². The number of halogens is 1. The summed E-state index contributed by atoms with van der Waals surface area (Å²) in [5.41, 5.74) is 1.42. The maximum atomic E-state index is 6.59. The highest BCUT2D eigenvalue weighted by Crippen LogP contribution is 2.37. The number of benzene rings is 1. The third-order valence-corrected chi connectivity index (χ3v) is 5.96. The van der Waals surface area contributed by atoms with Gasteiger partial charge in [-0.1, -0.05) is 24.6 Å². The second-order valence-electron chi connectivity index (χ2n) is 7.72. The lowest BCUT2D eigenvalue weighted by Gasteiger charge is -2.36. The van der Waals surface area contributed by atoms with Crippen molar-refractivity contribution in [2.75, 3.05) is 37.6 Å². The van der Waals surface area contributed by atoms with Crippen LogP contribution in [0, 0.1) is 0 Å². The van der Waals surface area contributed by atoms with E-state index in [-0.39, 0.29) is 18.3 Å². The lowest BCUT2D eigenvalue weighted by Crippen LogP contribution is -2.46. The second-order valence-corrected chi connectivity index (χ2v) is 8.13. The van der Waals surface area contributed by atoms with Gasteiger partial charge in [0.1, 0.15) is 0 Å². The average Bonchev–Trinajstić information content (AvgIpc) is 2.75. The molecule has 2 heterocycles. The number of hydrogen-bond acceptors (Lipinski definition) is 4. The number of likely N-dealkylation sites (N-methyl/N-ethyl adjacent to an activating group) is 1. The molecule has 0 aliphatic carbocycles. The molecular weight excluding hydrogens is 322 g/mol. The molecule has 0 aromatic heterocycles. The normalized spacial score (nSPS) is 23.8. The molecule has 2 fully saturated rings. The predicted molar refractivity (Wildman–Crippen MR) is 101 cm³/mol. The Morgan fingerprint density at radius 2 is 1.62 bits per heavy atom. The van der Waals surface area contributed by atoms with Crippen LogP contribution < -0.4 is 10.4 Å². The minimum atomic E-state index is -0.363. The highest BCUT2D eigenvalue weighted by Gasteiger charge is 2.51. The van der Waals surface area contributed by atoms with E-state index in [0.717, 1.165) is 48.9 Å². The third kappa shape index (κ3) is 3.32. The van der Waals surface area contributed by atoms with Crippen LogP contribution in [0.1, 0.15) is 34.6 Å². The fourth-order valence-corrected chi connectivity index (χ4v) is 3.52. The fraction of sp³-hybridized carbons (Fsp3) is 0.667. The number of nitrogens with zero attached hydrogens (tertiary/aromatic N) is 2. The van der Waals surface area contributed by atoms with Crippen LogP contribution in [0.4, 0.5) is 5.69 Å². The molecule has 2 saturated heterocycles. The Hall–Kier alpha value is -0.745. The summed E-state index contributed by atoms with van der Waals surface area (Å²) >= 11 is 6.59. The molecule has 0 saturated carbocycles. The van der Waals surface area contributed by atoms with Gasteiger partial charge in [-0.2, -0.15) is 0 Å². The standard InChI is InChI=1S/C18H28BClN2O2/c1-6-21-9-11-22(12-10-21)16-8-7-14(13-15(16)20)19-23-17(2,3)18(4,5)24-19/h7-8,13H,6,9-12H2,1-5H3. The van der Waals surface area contributed by atoms with Crippen molar-refractivity contribution in [3.05, 3.63) is 23.2 Å². The summed E-state index contributed by atoms with van der Waals surface area (Å²) in [5.74, 6) is 0. The summed E-state index contributed by atoms with van der Waals surface area (Å²) in [7, 11) is -0.363. The third-order valence-electron chi connectivity index (χ3n) is 5.66. The Labute approximate surface area is 151 Å². The molecule has 1 aromatic rings. The van der Waals surface area contributed by atoms with Gasteiger partial charge in [0.25, 0.3) is 0 Å². The van der Waals surface area contributed by atoms with Crippen molar-refractivity contribution in [1.82, 2.24) is 4.90 Å². The molecule has 0 radical (unpaired) electrons. The molecule has 6 heteroatoms. The first kappa shape index (κ1) is 18.1. The zero-order valence-corrected chi connectivity index (χ0v) is 16.2. The smallest absolute Gasteiger partial charge is 0.399 e. The van der Waals surface area contributed by atoms with Gasteiger partial charge in [0.15, 0.2) is 0 Å². The monoisotopic (exact) mass is 350 g/mol. The van der Waals surface area contributed by atoms with Crippen LogP contribution in [0.25, 0.3) is 0 Å². The van der Waals surface area contributed by atoms with E-state index >= 15 is 0 Å². The second kappa shape index (κ2) is 6.52. The fourth-order valence-electron chi connectivity index (χ4n) is 3.21. The highest BCUT2D eigenvalue weighted by molar-refractivity contribution is 6.62. The number of piperazine rings is 1. The summed E-state index contributed by atoms with van der Waals surface area (Å²) in [5, 5.41) is 0.771. The van der Waals surface area contributed by atoms with E-state index in [1.807, 2.05) is 6.07 Å². The zero-order chi connectivity index (χ0) is 17.5. The molecule has 2 aliphatic rings. The zero-order valence-electron chi connectivity index (χ0n) is 15.4. The topological polar surface area (TPSA) is 24.9 Å². The van der Waals surface area contributed by atoms with Crippen molar-refractivity contribution >= 4 is 29.9 Å². The van der Waals surface area contributed by atoms with Crippen LogP contribution in [-0.2, 0) is 9.31 Å². The van der Waals surface area contributed by atoms with Gasteiger partial charge < -0.3 is 19.1 Å². The molecular formula is C18H28BClN2O2. The van der Waals surface area contributed by atoms with Crippen LogP contribution in [-0.4, -0.2) is 55.9 Å². The minimum absolute atomic E-state index is 0.334. The molecule has 0 spiro atoms. The van der Waals surface area contributed by atoms with Crippen LogP contribution in [0.3, 0.4) is 0 Å². The molecule has 1 aromatic carbocycles. The van der Waals surface area contributed by atoms with Crippen molar-refractivity contribution in [3.63, 3.8) is 0 Å². The van der Waals surface area contributed by atoms with Crippen LogP contribution >= 0.6 is 11.6 Å². The highest BCUT2D eigenvalue weighted by atomic mass is 35.5. The minimum Gasteiger partial charge on any atom is -0.399 e. The van der Waals surface area contributed by atoms with E-state index in [0.29, 0.717) is 0 Å². The summed E-state index contributed by atoms with van der Waals surface area (Å²) in [6.45, 7) is 15.8. The van der Waals surface area contributed by atoms with E-state index in [1.54, 1.807) is 0 Å². The van der Waals surface area contributed by atoms with Crippen molar-refractivity contribution in [2.24, 2.45) is 0 Å². The molecule has 0 unspecified atom stereocenters. The molecule has 132 valence electrons. The molecule has 0 amide bonds. The first-order valence-corrected chi connectivity index (χ1v) is 9.24. The largest absolute Gasteiger partial charge is 0.494 e. The van der Waals surface area contributed by atoms with Gasteiger partial charge in [-0.15, -0.1) is 0 Å². The van der Waals surface area contributed by atoms with Crippen molar-refractivity contribution in [2.45, 2.75) is 45.8 Å². The van der Waals surface area contributed by atoms with Gasteiger partial charge in [-0.25, -0.2) is 0 Å². The molecule has 24 heavy (non-hydrogen) atoms. The van der Waals surface area contributed by atoms with Gasteiger partial charge in [-0.05, 0) is 51.8 Å². The van der Waals surface area contributed by atoms with Gasteiger partial charge in [0.2, 0.25) is 0 Å². The maximum Gasteiger partial charge on any atom is 0.494 e. The van der Waals surface area contributed by atoms with Crippen molar-refractivity contribution < 1.29 is 9.31 Å². The van der Waals surface area contributed by atoms with E-state index in [1.165, 1.54) is 0 Å². The lowest BCUT2D eigenvalue weighted by atomic mass is 9.79. The summed E-state index contributed by atoms with van der Waals surface area (Å²) in [6.07, 6.45) is 0. The summed E-state index contributed by atoms with van der Waals surface area (Å²) < 4.78 is 12.2. The lowest BCUT2D eigenvalue weighted by molar-refractivity contribution is 0.00578. The van der Waals surface area contributed by atoms with Crippen molar-refractivity contribution in [3.8, 4) is 0 Å². The van der Waals surface area contributed by atoms with E-state index < -0.39 is 0 Å². The van der Waals surface area contributed by atoms with Crippen LogP contribution in [0.15, 0.2) is 18.2 Å². The average molecular weight is 351 g/mol. The summed E-state index contributed by atoms with van der Waals surface area (Å²) in [6, 6.07) is 6.17. The van der Waals surface area contributed by atoms with E-state index in [9.17, 15) is 0 Å². The molecule has 4 nitrogen and oxygen atoms in total. The van der Waals surface area contributed by atoms with E-state index in [4.69, 9.17) is 20.9 Å². The quantitative estimate of drug-likeness (QED) is 0.783. The number of anilines is 1.